The first kappa shape index (κ1) is 21.1. The number of rotatable bonds is 10. The highest BCUT2D eigenvalue weighted by atomic mass is 32.1. The van der Waals surface area contributed by atoms with E-state index in [9.17, 15) is 0 Å². The van der Waals surface area contributed by atoms with Crippen LogP contribution in [0.5, 0.6) is 0 Å². The fraction of sp³-hybridized carbons (Fsp3) is 0.789. The van der Waals surface area contributed by atoms with E-state index in [2.05, 4.69) is 36.4 Å². The number of hydrogen-bond acceptors (Lipinski definition) is 5. The minimum Gasteiger partial charge on any atom is -0.382 e. The van der Waals surface area contributed by atoms with Crippen molar-refractivity contribution in [2.24, 2.45) is 10.9 Å². The van der Waals surface area contributed by atoms with Gasteiger partial charge in [0.2, 0.25) is 0 Å². The molecule has 0 saturated carbocycles. The van der Waals surface area contributed by atoms with Crippen molar-refractivity contribution < 1.29 is 9.47 Å². The first-order chi connectivity index (χ1) is 12.6. The summed E-state index contributed by atoms with van der Waals surface area (Å²) in [7, 11) is 1.70. The van der Waals surface area contributed by atoms with Gasteiger partial charge in [0.05, 0.1) is 30.5 Å². The second kappa shape index (κ2) is 11.5. The van der Waals surface area contributed by atoms with Gasteiger partial charge in [0.25, 0.3) is 0 Å². The molecule has 148 valence electrons. The zero-order valence-electron chi connectivity index (χ0n) is 16.7. The number of ether oxygens (including phenoxy) is 2. The van der Waals surface area contributed by atoms with Gasteiger partial charge in [-0.3, -0.25) is 4.99 Å². The van der Waals surface area contributed by atoms with Crippen LogP contribution in [-0.4, -0.2) is 69.0 Å². The molecule has 1 atom stereocenters. The van der Waals surface area contributed by atoms with Gasteiger partial charge in [-0.25, -0.2) is 4.98 Å². The number of aliphatic imine (C=N–C) groups is 1. The molecule has 1 aliphatic heterocycles. The van der Waals surface area contributed by atoms with Gasteiger partial charge in [0, 0.05) is 56.9 Å². The summed E-state index contributed by atoms with van der Waals surface area (Å²) in [5.74, 6) is 2.09. The molecular formula is C19H34N4O2S. The number of hydrogen-bond donors (Lipinski definition) is 1. The van der Waals surface area contributed by atoms with E-state index in [1.807, 2.05) is 0 Å². The Morgan fingerprint density at radius 1 is 1.46 bits per heavy atom. The lowest BCUT2D eigenvalue weighted by Crippen LogP contribution is -2.40. The molecule has 1 aromatic heterocycles. The fourth-order valence-corrected chi connectivity index (χ4v) is 3.83. The molecule has 2 rings (SSSR count). The lowest BCUT2D eigenvalue weighted by atomic mass is 10.1. The first-order valence-corrected chi connectivity index (χ1v) is 10.6. The Kier molecular flexibility index (Phi) is 9.36. The van der Waals surface area contributed by atoms with E-state index < -0.39 is 0 Å². The van der Waals surface area contributed by atoms with Crippen LogP contribution in [0.1, 0.15) is 43.8 Å². The van der Waals surface area contributed by atoms with Crippen LogP contribution in [-0.2, 0) is 15.9 Å². The van der Waals surface area contributed by atoms with Crippen molar-refractivity contribution in [3.8, 4) is 0 Å². The van der Waals surface area contributed by atoms with Crippen molar-refractivity contribution in [3.63, 3.8) is 0 Å². The van der Waals surface area contributed by atoms with Gasteiger partial charge in [0.15, 0.2) is 5.96 Å². The molecule has 1 unspecified atom stereocenters. The van der Waals surface area contributed by atoms with E-state index in [-0.39, 0.29) is 0 Å². The maximum atomic E-state index is 5.69. The Labute approximate surface area is 162 Å². The first-order valence-electron chi connectivity index (χ1n) is 9.68. The summed E-state index contributed by atoms with van der Waals surface area (Å²) < 4.78 is 10.7. The Morgan fingerprint density at radius 3 is 3.00 bits per heavy atom. The number of methoxy groups -OCH3 is 1. The second-order valence-electron chi connectivity index (χ2n) is 6.99. The highest BCUT2D eigenvalue weighted by molar-refractivity contribution is 7.09. The van der Waals surface area contributed by atoms with Crippen molar-refractivity contribution >= 4 is 17.3 Å². The zero-order valence-corrected chi connectivity index (χ0v) is 17.5. The molecule has 1 fully saturated rings. The van der Waals surface area contributed by atoms with Gasteiger partial charge in [0.1, 0.15) is 0 Å². The topological polar surface area (TPSA) is 59.0 Å². The molecule has 0 amide bonds. The lowest BCUT2D eigenvalue weighted by molar-refractivity contribution is 0.0536. The average molecular weight is 383 g/mol. The Bertz CT molecular complexity index is 547. The molecule has 26 heavy (non-hydrogen) atoms. The minimum absolute atomic E-state index is 0.502. The predicted molar refractivity (Wildman–Crippen MR) is 108 cm³/mol. The molecule has 1 aromatic rings. The molecule has 0 bridgehead atoms. The quantitative estimate of drug-likeness (QED) is 0.383. The molecule has 0 aromatic carbocycles. The third kappa shape index (κ3) is 6.85. The van der Waals surface area contributed by atoms with E-state index in [4.69, 9.17) is 19.5 Å². The van der Waals surface area contributed by atoms with Gasteiger partial charge in [-0.15, -0.1) is 11.3 Å². The van der Waals surface area contributed by atoms with Gasteiger partial charge >= 0.3 is 0 Å². The van der Waals surface area contributed by atoms with Crippen LogP contribution in [0.25, 0.3) is 0 Å². The summed E-state index contributed by atoms with van der Waals surface area (Å²) in [6.45, 7) is 12.3. The monoisotopic (exact) mass is 382 g/mol. The summed E-state index contributed by atoms with van der Waals surface area (Å²) in [6, 6.07) is 0. The third-order valence-corrected chi connectivity index (χ3v) is 5.59. The average Bonchev–Trinajstić information content (AvgIpc) is 3.28. The minimum atomic E-state index is 0.502. The highest BCUT2D eigenvalue weighted by Crippen LogP contribution is 2.20. The number of likely N-dealkylation sites (tertiary alicyclic amines) is 1. The standard InChI is InChI=1S/C19H34N4O2S/c1-5-20-19(21-8-6-17-14-26-18(22-17)15(2)3)23-9-7-16(12-23)13-25-11-10-24-4/h14-16H,5-13H2,1-4H3,(H,20,21). The summed E-state index contributed by atoms with van der Waals surface area (Å²) in [5.41, 5.74) is 1.16. The van der Waals surface area contributed by atoms with Crippen LogP contribution in [0.15, 0.2) is 10.4 Å². The van der Waals surface area contributed by atoms with Crippen LogP contribution in [0.4, 0.5) is 0 Å². The predicted octanol–water partition coefficient (Wildman–Crippen LogP) is 2.76. The van der Waals surface area contributed by atoms with Crippen LogP contribution in [0.2, 0.25) is 0 Å². The Morgan fingerprint density at radius 2 is 2.31 bits per heavy atom. The summed E-state index contributed by atoms with van der Waals surface area (Å²) in [4.78, 5) is 11.9. The number of aromatic nitrogens is 1. The largest absolute Gasteiger partial charge is 0.382 e. The Hall–Kier alpha value is -1.18. The second-order valence-corrected chi connectivity index (χ2v) is 7.88. The third-order valence-electron chi connectivity index (χ3n) is 4.40. The van der Waals surface area contributed by atoms with Crippen molar-refractivity contribution in [2.75, 3.05) is 53.1 Å². The van der Waals surface area contributed by atoms with Gasteiger partial charge < -0.3 is 19.7 Å². The van der Waals surface area contributed by atoms with Crippen LogP contribution in [0.3, 0.4) is 0 Å². The Balaban J connectivity index is 1.80. The maximum absolute atomic E-state index is 5.69. The fourth-order valence-electron chi connectivity index (χ4n) is 2.96. The smallest absolute Gasteiger partial charge is 0.193 e. The molecule has 1 saturated heterocycles. The van der Waals surface area contributed by atoms with Crippen LogP contribution < -0.4 is 5.32 Å². The van der Waals surface area contributed by atoms with Crippen molar-refractivity contribution in [3.05, 3.63) is 16.1 Å². The number of nitrogens with one attached hydrogen (secondary N) is 1. The molecular weight excluding hydrogens is 348 g/mol. The number of nitrogens with zero attached hydrogens (tertiary/aromatic N) is 3. The van der Waals surface area contributed by atoms with E-state index >= 15 is 0 Å². The van der Waals surface area contributed by atoms with E-state index in [0.29, 0.717) is 25.0 Å². The number of thiazole rings is 1. The van der Waals surface area contributed by atoms with Gasteiger partial charge in [-0.1, -0.05) is 13.8 Å². The summed E-state index contributed by atoms with van der Waals surface area (Å²) in [6.07, 6.45) is 2.05. The van der Waals surface area contributed by atoms with E-state index in [0.717, 1.165) is 57.3 Å². The van der Waals surface area contributed by atoms with Crippen LogP contribution >= 0.6 is 11.3 Å². The highest BCUT2D eigenvalue weighted by Gasteiger charge is 2.24. The van der Waals surface area contributed by atoms with Crippen LogP contribution in [0, 0.1) is 5.92 Å². The summed E-state index contributed by atoms with van der Waals surface area (Å²) in [5, 5.41) is 6.81. The van der Waals surface area contributed by atoms with E-state index in [1.54, 1.807) is 18.4 Å². The molecule has 7 heteroatoms. The molecule has 2 heterocycles. The normalized spacial score (nSPS) is 18.1. The molecule has 0 aliphatic carbocycles. The van der Waals surface area contributed by atoms with Gasteiger partial charge in [-0.05, 0) is 13.3 Å². The maximum Gasteiger partial charge on any atom is 0.193 e. The van der Waals surface area contributed by atoms with Crippen molar-refractivity contribution in [1.82, 2.24) is 15.2 Å². The summed E-state index contributed by atoms with van der Waals surface area (Å²) >= 11 is 1.75. The molecule has 1 N–H and O–H groups in total. The zero-order chi connectivity index (χ0) is 18.8. The van der Waals surface area contributed by atoms with Gasteiger partial charge in [-0.2, -0.15) is 0 Å². The molecule has 1 aliphatic rings. The van der Waals surface area contributed by atoms with E-state index in [1.165, 1.54) is 5.01 Å². The molecule has 0 spiro atoms. The molecule has 0 radical (unpaired) electrons. The van der Waals surface area contributed by atoms with Crippen molar-refractivity contribution in [1.29, 1.82) is 0 Å². The number of guanidine groups is 1. The lowest BCUT2D eigenvalue weighted by Gasteiger charge is -2.21. The van der Waals surface area contributed by atoms with Crippen molar-refractivity contribution in [2.45, 2.75) is 39.5 Å². The SMILES string of the molecule is CCNC(=NCCc1csc(C(C)C)n1)N1CCC(COCCOC)C1. The molecule has 6 nitrogen and oxygen atoms in total.